The molecule has 0 heterocycles. The highest BCUT2D eigenvalue weighted by molar-refractivity contribution is 14.1. The van der Waals surface area contributed by atoms with Crippen LogP contribution in [0.15, 0.2) is 95.5 Å². The van der Waals surface area contributed by atoms with Crippen LogP contribution in [0, 0.1) is 3.57 Å². The third kappa shape index (κ3) is 3.98. The summed E-state index contributed by atoms with van der Waals surface area (Å²) in [5.41, 5.74) is 6.89. The van der Waals surface area contributed by atoms with Crippen LogP contribution in [0.25, 0.3) is 33.4 Å². The van der Waals surface area contributed by atoms with Crippen LogP contribution in [0.3, 0.4) is 0 Å². The molecule has 0 aromatic heterocycles. The molecule has 0 fully saturated rings. The molecule has 0 N–H and O–H groups in total. The number of hydrogen-bond acceptors (Lipinski definition) is 0. The summed E-state index contributed by atoms with van der Waals surface area (Å²) in [4.78, 5) is 0. The van der Waals surface area contributed by atoms with E-state index < -0.39 is 0 Å². The van der Waals surface area contributed by atoms with Gasteiger partial charge in [-0.15, -0.1) is 0 Å². The largest absolute Gasteiger partial charge is 0.0837 e. The normalized spacial score (nSPS) is 10.8. The Bertz CT molecular complexity index is 967. The van der Waals surface area contributed by atoms with Gasteiger partial charge >= 0.3 is 0 Å². The first-order valence-corrected chi connectivity index (χ1v) is 10.8. The van der Waals surface area contributed by atoms with E-state index >= 15 is 0 Å². The van der Waals surface area contributed by atoms with Crippen LogP contribution in [0.1, 0.15) is 0 Å². The molecule has 0 unspecified atom stereocenters. The maximum absolute atomic E-state index is 6.51. The lowest BCUT2D eigenvalue weighted by Crippen LogP contribution is -1.89. The monoisotopic (exact) mass is 544 g/mol. The summed E-state index contributed by atoms with van der Waals surface area (Å²) in [5, 5.41) is 0.760. The van der Waals surface area contributed by atoms with Gasteiger partial charge in [0.1, 0.15) is 0 Å². The summed E-state index contributed by atoms with van der Waals surface area (Å²) >= 11 is 12.6. The van der Waals surface area contributed by atoms with Gasteiger partial charge in [0.05, 0.1) is 0 Å². The first-order chi connectivity index (χ1) is 13.1. The zero-order valence-corrected chi connectivity index (χ0v) is 18.8. The predicted molar refractivity (Wildman–Crippen MR) is 128 cm³/mol. The number of hydrogen-bond donors (Lipinski definition) is 0. The lowest BCUT2D eigenvalue weighted by atomic mass is 9.93. The fraction of sp³-hybridized carbons (Fsp3) is 0. The quantitative estimate of drug-likeness (QED) is 0.226. The summed E-state index contributed by atoms with van der Waals surface area (Å²) in [6.45, 7) is 0. The van der Waals surface area contributed by atoms with Crippen LogP contribution in [-0.4, -0.2) is 0 Å². The highest BCUT2D eigenvalue weighted by atomic mass is 127. The van der Waals surface area contributed by atoms with Crippen LogP contribution in [0.5, 0.6) is 0 Å². The molecule has 0 aliphatic rings. The molecule has 4 aromatic rings. The Morgan fingerprint density at radius 1 is 0.593 bits per heavy atom. The molecule has 132 valence electrons. The van der Waals surface area contributed by atoms with Gasteiger partial charge in [-0.05, 0) is 86.8 Å². The minimum Gasteiger partial charge on any atom is -0.0837 e. The Morgan fingerprint density at radius 2 is 1.07 bits per heavy atom. The molecule has 0 nitrogen and oxygen atoms in total. The van der Waals surface area contributed by atoms with Crippen molar-refractivity contribution >= 4 is 50.1 Å². The highest BCUT2D eigenvalue weighted by Crippen LogP contribution is 2.38. The van der Waals surface area contributed by atoms with Crippen LogP contribution in [0.2, 0.25) is 5.02 Å². The molecule has 0 saturated heterocycles. The Balaban J connectivity index is 1.99. The minimum atomic E-state index is 0.760. The highest BCUT2D eigenvalue weighted by Gasteiger charge is 2.12. The summed E-state index contributed by atoms with van der Waals surface area (Å²) in [6, 6.07) is 31.4. The fourth-order valence-electron chi connectivity index (χ4n) is 3.18. The van der Waals surface area contributed by atoms with Gasteiger partial charge < -0.3 is 0 Å². The van der Waals surface area contributed by atoms with Gasteiger partial charge in [0.2, 0.25) is 0 Å². The molecule has 0 aliphatic heterocycles. The van der Waals surface area contributed by atoms with Crippen molar-refractivity contribution < 1.29 is 0 Å². The third-order valence-electron chi connectivity index (χ3n) is 4.49. The molecule has 0 amide bonds. The van der Waals surface area contributed by atoms with Crippen LogP contribution >= 0.6 is 50.1 Å². The lowest BCUT2D eigenvalue weighted by molar-refractivity contribution is 1.54. The number of rotatable bonds is 3. The van der Waals surface area contributed by atoms with Crippen LogP contribution < -0.4 is 0 Å². The molecule has 0 aliphatic carbocycles. The molecule has 0 spiro atoms. The first kappa shape index (κ1) is 18.7. The van der Waals surface area contributed by atoms with E-state index in [4.69, 9.17) is 11.6 Å². The Kier molecular flexibility index (Phi) is 5.67. The van der Waals surface area contributed by atoms with Crippen molar-refractivity contribution in [2.75, 3.05) is 0 Å². The summed E-state index contributed by atoms with van der Waals surface area (Å²) in [7, 11) is 0. The van der Waals surface area contributed by atoms with E-state index in [1.54, 1.807) is 0 Å². The van der Waals surface area contributed by atoms with Crippen LogP contribution in [0.4, 0.5) is 0 Å². The fourth-order valence-corrected chi connectivity index (χ4v) is 4.64. The maximum Gasteiger partial charge on any atom is 0.0484 e. The molecule has 27 heavy (non-hydrogen) atoms. The summed E-state index contributed by atoms with van der Waals surface area (Å²) in [6.07, 6.45) is 0. The molecule has 3 heteroatoms. The molecule has 0 radical (unpaired) electrons. The topological polar surface area (TPSA) is 0 Å². The average molecular weight is 546 g/mol. The van der Waals surface area contributed by atoms with Crippen molar-refractivity contribution in [2.24, 2.45) is 0 Å². The molecule has 4 aromatic carbocycles. The van der Waals surface area contributed by atoms with Crippen molar-refractivity contribution in [3.05, 3.63) is 104 Å². The maximum atomic E-state index is 6.51. The molecular formula is C24H15BrClI. The summed E-state index contributed by atoms with van der Waals surface area (Å²) in [5.74, 6) is 0. The van der Waals surface area contributed by atoms with Gasteiger partial charge in [-0.25, -0.2) is 0 Å². The number of halogens is 3. The lowest BCUT2D eigenvalue weighted by Gasteiger charge is -2.14. The average Bonchev–Trinajstić information content (AvgIpc) is 2.69. The zero-order valence-electron chi connectivity index (χ0n) is 14.3. The Labute approximate surface area is 186 Å². The van der Waals surface area contributed by atoms with E-state index in [1.165, 1.54) is 20.3 Å². The minimum absolute atomic E-state index is 0.760. The van der Waals surface area contributed by atoms with E-state index in [0.717, 1.165) is 26.2 Å². The van der Waals surface area contributed by atoms with E-state index in [2.05, 4.69) is 105 Å². The standard InChI is InChI=1S/C24H15BrClI/c25-22-10-4-1-7-19(22)16-13-17(20-8-2-5-11-23(20)26)15-18(14-16)21-9-3-6-12-24(21)27/h1-15H. The van der Waals surface area contributed by atoms with Gasteiger partial charge in [0, 0.05) is 18.6 Å². The predicted octanol–water partition coefficient (Wildman–Crippen LogP) is 8.71. The van der Waals surface area contributed by atoms with E-state index in [-0.39, 0.29) is 0 Å². The molecular weight excluding hydrogens is 531 g/mol. The SMILES string of the molecule is Clc1ccccc1-c1cc(-c2ccccc2Br)cc(-c2ccccc2I)c1. The molecule has 4 rings (SSSR count). The second kappa shape index (κ2) is 8.17. The Hall–Kier alpha value is -1.62. The van der Waals surface area contributed by atoms with Crippen molar-refractivity contribution in [2.45, 2.75) is 0 Å². The van der Waals surface area contributed by atoms with Gasteiger partial charge in [-0.2, -0.15) is 0 Å². The smallest absolute Gasteiger partial charge is 0.0484 e. The third-order valence-corrected chi connectivity index (χ3v) is 6.45. The molecule has 0 atom stereocenters. The van der Waals surface area contributed by atoms with E-state index in [9.17, 15) is 0 Å². The van der Waals surface area contributed by atoms with Crippen LogP contribution in [-0.2, 0) is 0 Å². The number of benzene rings is 4. The van der Waals surface area contributed by atoms with Gasteiger partial charge in [0.25, 0.3) is 0 Å². The van der Waals surface area contributed by atoms with Gasteiger partial charge in [0.15, 0.2) is 0 Å². The Morgan fingerprint density at radius 3 is 1.70 bits per heavy atom. The molecule has 0 saturated carbocycles. The zero-order chi connectivity index (χ0) is 18.8. The van der Waals surface area contributed by atoms with Gasteiger partial charge in [-0.3, -0.25) is 0 Å². The van der Waals surface area contributed by atoms with Crippen molar-refractivity contribution in [1.29, 1.82) is 0 Å². The first-order valence-electron chi connectivity index (χ1n) is 8.53. The second-order valence-corrected chi connectivity index (χ2v) is 8.66. The van der Waals surface area contributed by atoms with Crippen molar-refractivity contribution in [1.82, 2.24) is 0 Å². The summed E-state index contributed by atoms with van der Waals surface area (Å²) < 4.78 is 2.31. The second-order valence-electron chi connectivity index (χ2n) is 6.24. The van der Waals surface area contributed by atoms with Gasteiger partial charge in [-0.1, -0.05) is 82.1 Å². The van der Waals surface area contributed by atoms with E-state index in [1.807, 2.05) is 24.3 Å². The van der Waals surface area contributed by atoms with Crippen molar-refractivity contribution in [3.8, 4) is 33.4 Å². The van der Waals surface area contributed by atoms with E-state index in [0.29, 0.717) is 0 Å². The molecule has 0 bridgehead atoms. The van der Waals surface area contributed by atoms with Crippen molar-refractivity contribution in [3.63, 3.8) is 0 Å².